The normalized spacial score (nSPS) is 13.6. The molecule has 31 heavy (non-hydrogen) atoms. The van der Waals surface area contributed by atoms with Crippen molar-refractivity contribution in [3.63, 3.8) is 0 Å². The molecule has 0 saturated carbocycles. The number of hydrogen-bond acceptors (Lipinski definition) is 5. The van der Waals surface area contributed by atoms with Gasteiger partial charge in [0, 0.05) is 43.6 Å². The van der Waals surface area contributed by atoms with E-state index in [9.17, 15) is 9.59 Å². The smallest absolute Gasteiger partial charge is 0.410 e. The Bertz CT molecular complexity index is 1030. The summed E-state index contributed by atoms with van der Waals surface area (Å²) in [6.07, 6.45) is 1.47. The van der Waals surface area contributed by atoms with Crippen LogP contribution in [0.1, 0.15) is 15.9 Å². The van der Waals surface area contributed by atoms with Gasteiger partial charge in [0.1, 0.15) is 11.6 Å². The van der Waals surface area contributed by atoms with Gasteiger partial charge in [0.05, 0.1) is 0 Å². The fraction of sp³-hybridized carbons (Fsp3) is 0.208. The molecule has 2 amide bonds. The van der Waals surface area contributed by atoms with Crippen LogP contribution in [0.5, 0.6) is 5.75 Å². The first-order chi connectivity index (χ1) is 15.1. The predicted molar refractivity (Wildman–Crippen MR) is 120 cm³/mol. The Morgan fingerprint density at radius 2 is 1.61 bits per heavy atom. The predicted octanol–water partition coefficient (Wildman–Crippen LogP) is 3.96. The van der Waals surface area contributed by atoms with E-state index in [1.165, 1.54) is 0 Å². The van der Waals surface area contributed by atoms with E-state index in [-0.39, 0.29) is 12.0 Å². The van der Waals surface area contributed by atoms with Gasteiger partial charge in [-0.2, -0.15) is 0 Å². The highest BCUT2D eigenvalue weighted by Crippen LogP contribution is 2.19. The van der Waals surface area contributed by atoms with Gasteiger partial charge in [0.15, 0.2) is 0 Å². The maximum absolute atomic E-state index is 12.5. The van der Waals surface area contributed by atoms with Crippen molar-refractivity contribution >= 4 is 23.5 Å². The van der Waals surface area contributed by atoms with Crippen LogP contribution in [0.3, 0.4) is 0 Å². The number of piperazine rings is 1. The Balaban J connectivity index is 1.28. The number of carbonyl (C=O) groups is 2. The highest BCUT2D eigenvalue weighted by atomic mass is 16.6. The Morgan fingerprint density at radius 1 is 0.903 bits per heavy atom. The zero-order valence-electron chi connectivity index (χ0n) is 17.3. The number of benzene rings is 2. The molecule has 0 aliphatic carbocycles. The highest BCUT2D eigenvalue weighted by Gasteiger charge is 2.23. The third-order valence-corrected chi connectivity index (χ3v) is 5.11. The van der Waals surface area contributed by atoms with Gasteiger partial charge in [-0.3, -0.25) is 4.79 Å². The maximum atomic E-state index is 12.5. The Labute approximate surface area is 181 Å². The number of nitrogens with zero attached hydrogens (tertiary/aromatic N) is 3. The Hall–Kier alpha value is -3.87. The first kappa shape index (κ1) is 20.4. The number of aryl methyl sites for hydroxylation is 1. The lowest BCUT2D eigenvalue weighted by Crippen LogP contribution is -2.49. The van der Waals surface area contributed by atoms with Crippen molar-refractivity contribution in [2.75, 3.05) is 36.4 Å². The fourth-order valence-corrected chi connectivity index (χ4v) is 3.33. The monoisotopic (exact) mass is 416 g/mol. The van der Waals surface area contributed by atoms with Crippen LogP contribution in [0.15, 0.2) is 72.9 Å². The standard InChI is InChI=1S/C24H24N4O3/c1-18-7-12-22(25-17-18)27-13-15-28(16-14-27)24(30)31-21-10-8-20(9-11-21)26-23(29)19-5-3-2-4-6-19/h2-12,17H,13-16H2,1H3,(H,26,29). The van der Waals surface area contributed by atoms with Gasteiger partial charge < -0.3 is 19.9 Å². The van der Waals surface area contributed by atoms with Crippen molar-refractivity contribution < 1.29 is 14.3 Å². The SMILES string of the molecule is Cc1ccc(N2CCN(C(=O)Oc3ccc(NC(=O)c4ccccc4)cc3)CC2)nc1. The molecule has 2 heterocycles. The van der Waals surface area contributed by atoms with Crippen molar-refractivity contribution in [3.05, 3.63) is 84.1 Å². The zero-order valence-corrected chi connectivity index (χ0v) is 17.3. The molecule has 0 spiro atoms. The van der Waals surface area contributed by atoms with Crippen molar-refractivity contribution in [2.45, 2.75) is 6.92 Å². The summed E-state index contributed by atoms with van der Waals surface area (Å²) in [4.78, 5) is 33.0. The molecule has 4 rings (SSSR count). The second-order valence-corrected chi connectivity index (χ2v) is 7.38. The van der Waals surface area contributed by atoms with Crippen LogP contribution in [0.4, 0.5) is 16.3 Å². The van der Waals surface area contributed by atoms with Crippen LogP contribution in [-0.4, -0.2) is 48.1 Å². The largest absolute Gasteiger partial charge is 0.415 e. The molecule has 0 bridgehead atoms. The third kappa shape index (κ3) is 5.19. The molecular formula is C24H24N4O3. The molecule has 1 N–H and O–H groups in total. The van der Waals surface area contributed by atoms with E-state index in [2.05, 4.69) is 15.2 Å². The molecule has 1 fully saturated rings. The number of aromatic nitrogens is 1. The van der Waals surface area contributed by atoms with Crippen LogP contribution in [0, 0.1) is 6.92 Å². The van der Waals surface area contributed by atoms with Crippen molar-refractivity contribution in [2.24, 2.45) is 0 Å². The number of nitrogens with one attached hydrogen (secondary N) is 1. The number of pyridine rings is 1. The van der Waals surface area contributed by atoms with Crippen LogP contribution in [0.25, 0.3) is 0 Å². The van der Waals surface area contributed by atoms with Gasteiger partial charge >= 0.3 is 6.09 Å². The molecule has 0 unspecified atom stereocenters. The lowest BCUT2D eigenvalue weighted by molar-refractivity contribution is 0.102. The van der Waals surface area contributed by atoms with Crippen LogP contribution >= 0.6 is 0 Å². The minimum Gasteiger partial charge on any atom is -0.410 e. The zero-order chi connectivity index (χ0) is 21.6. The van der Waals surface area contributed by atoms with Gasteiger partial charge in [-0.25, -0.2) is 9.78 Å². The molecule has 0 atom stereocenters. The van der Waals surface area contributed by atoms with E-state index >= 15 is 0 Å². The van der Waals surface area contributed by atoms with E-state index in [1.807, 2.05) is 43.5 Å². The summed E-state index contributed by atoms with van der Waals surface area (Å²) >= 11 is 0. The lowest BCUT2D eigenvalue weighted by Gasteiger charge is -2.34. The van der Waals surface area contributed by atoms with Gasteiger partial charge in [-0.05, 0) is 55.0 Å². The van der Waals surface area contributed by atoms with Gasteiger partial charge in [0.2, 0.25) is 0 Å². The summed E-state index contributed by atoms with van der Waals surface area (Å²) in [5.41, 5.74) is 2.34. The van der Waals surface area contributed by atoms with E-state index in [0.717, 1.165) is 11.4 Å². The van der Waals surface area contributed by atoms with E-state index in [4.69, 9.17) is 4.74 Å². The molecule has 158 valence electrons. The fourth-order valence-electron chi connectivity index (χ4n) is 3.33. The van der Waals surface area contributed by atoms with E-state index < -0.39 is 0 Å². The minimum absolute atomic E-state index is 0.189. The van der Waals surface area contributed by atoms with Crippen molar-refractivity contribution in [3.8, 4) is 5.75 Å². The molecule has 1 saturated heterocycles. The summed E-state index contributed by atoms with van der Waals surface area (Å²) in [5, 5.41) is 2.82. The number of amides is 2. The summed E-state index contributed by atoms with van der Waals surface area (Å²) in [6.45, 7) is 4.55. The average Bonchev–Trinajstić information content (AvgIpc) is 2.81. The third-order valence-electron chi connectivity index (χ3n) is 5.11. The quantitative estimate of drug-likeness (QED) is 0.697. The van der Waals surface area contributed by atoms with Crippen molar-refractivity contribution in [1.82, 2.24) is 9.88 Å². The van der Waals surface area contributed by atoms with E-state index in [0.29, 0.717) is 43.2 Å². The molecule has 7 nitrogen and oxygen atoms in total. The molecule has 7 heteroatoms. The molecule has 1 aliphatic heterocycles. The number of ether oxygens (including phenoxy) is 1. The number of anilines is 2. The van der Waals surface area contributed by atoms with Crippen LogP contribution in [0.2, 0.25) is 0 Å². The second-order valence-electron chi connectivity index (χ2n) is 7.38. The number of carbonyl (C=O) groups excluding carboxylic acids is 2. The van der Waals surface area contributed by atoms with Crippen LogP contribution in [-0.2, 0) is 0 Å². The van der Waals surface area contributed by atoms with E-state index in [1.54, 1.807) is 41.3 Å². The molecule has 1 aliphatic rings. The van der Waals surface area contributed by atoms with Gasteiger partial charge in [-0.1, -0.05) is 24.3 Å². The first-order valence-electron chi connectivity index (χ1n) is 10.2. The number of hydrogen-bond donors (Lipinski definition) is 1. The van der Waals surface area contributed by atoms with Crippen LogP contribution < -0.4 is 15.0 Å². The summed E-state index contributed by atoms with van der Waals surface area (Å²) < 4.78 is 5.50. The topological polar surface area (TPSA) is 74.8 Å². The summed E-state index contributed by atoms with van der Waals surface area (Å²) in [5.74, 6) is 1.17. The molecular weight excluding hydrogens is 392 g/mol. The Kier molecular flexibility index (Phi) is 6.12. The molecule has 1 aromatic heterocycles. The average molecular weight is 416 g/mol. The summed E-state index contributed by atoms with van der Waals surface area (Å²) in [7, 11) is 0. The lowest BCUT2D eigenvalue weighted by atomic mass is 10.2. The van der Waals surface area contributed by atoms with Crippen molar-refractivity contribution in [1.29, 1.82) is 0 Å². The number of rotatable bonds is 4. The molecule has 2 aromatic carbocycles. The maximum Gasteiger partial charge on any atom is 0.415 e. The summed E-state index contributed by atoms with van der Waals surface area (Å²) in [6, 6.07) is 19.8. The first-order valence-corrected chi connectivity index (χ1v) is 10.2. The minimum atomic E-state index is -0.377. The van der Waals surface area contributed by atoms with Gasteiger partial charge in [-0.15, -0.1) is 0 Å². The Morgan fingerprint density at radius 3 is 2.26 bits per heavy atom. The van der Waals surface area contributed by atoms with Gasteiger partial charge in [0.25, 0.3) is 5.91 Å². The molecule has 0 radical (unpaired) electrons. The highest BCUT2D eigenvalue weighted by molar-refractivity contribution is 6.04. The second kappa shape index (κ2) is 9.30. The molecule has 3 aromatic rings.